The van der Waals surface area contributed by atoms with Crippen molar-refractivity contribution in [1.82, 2.24) is 4.72 Å². The molecule has 0 bridgehead atoms. The van der Waals surface area contributed by atoms with Crippen LogP contribution in [0.1, 0.15) is 12.0 Å². The minimum absolute atomic E-state index is 0.221. The number of anilines is 1. The molecule has 1 aliphatic rings. The highest BCUT2D eigenvalue weighted by Crippen LogP contribution is 2.32. The molecule has 2 rings (SSSR count). The third-order valence-corrected chi connectivity index (χ3v) is 5.52. The van der Waals surface area contributed by atoms with Crippen molar-refractivity contribution in [3.8, 4) is 0 Å². The summed E-state index contributed by atoms with van der Waals surface area (Å²) in [6.07, 6.45) is 0.797. The van der Waals surface area contributed by atoms with Crippen LogP contribution in [0.4, 0.5) is 14.5 Å². The van der Waals surface area contributed by atoms with E-state index < -0.39 is 29.0 Å². The Balaban J connectivity index is 2.31. The van der Waals surface area contributed by atoms with Gasteiger partial charge in [-0.1, -0.05) is 0 Å². The normalized spacial score (nSPS) is 15.4. The minimum Gasteiger partial charge on any atom is -0.326 e. The second-order valence-electron chi connectivity index (χ2n) is 4.87. The minimum atomic E-state index is -4.17. The van der Waals surface area contributed by atoms with Gasteiger partial charge in [0.05, 0.1) is 18.0 Å². The number of hydrogen-bond donors (Lipinski definition) is 3. The van der Waals surface area contributed by atoms with E-state index in [0.29, 0.717) is 18.5 Å². The SMILES string of the molecule is NCC(F)(F)CNS(=O)(=O)c1cc2c(cc1Br)CCC(=O)N2. The van der Waals surface area contributed by atoms with E-state index in [-0.39, 0.29) is 15.3 Å². The Kier molecular flexibility index (Phi) is 4.85. The maximum Gasteiger partial charge on any atom is 0.273 e. The summed E-state index contributed by atoms with van der Waals surface area (Å²) in [5, 5.41) is 2.56. The number of aryl methyl sites for hydroxylation is 1. The first kappa shape index (κ1) is 17.3. The first-order valence-corrected chi connectivity index (χ1v) is 8.62. The largest absolute Gasteiger partial charge is 0.326 e. The molecule has 0 atom stereocenters. The van der Waals surface area contributed by atoms with E-state index in [1.165, 1.54) is 6.07 Å². The summed E-state index contributed by atoms with van der Waals surface area (Å²) in [7, 11) is -4.17. The van der Waals surface area contributed by atoms with E-state index in [9.17, 15) is 22.0 Å². The van der Waals surface area contributed by atoms with E-state index in [1.807, 2.05) is 4.72 Å². The number of halogens is 3. The number of nitrogens with one attached hydrogen (secondary N) is 2. The van der Waals surface area contributed by atoms with Gasteiger partial charge in [0.1, 0.15) is 0 Å². The molecule has 0 saturated heterocycles. The fraction of sp³-hybridized carbons (Fsp3) is 0.417. The molecule has 4 N–H and O–H groups in total. The molecule has 22 heavy (non-hydrogen) atoms. The van der Waals surface area contributed by atoms with Crippen LogP contribution in [0.5, 0.6) is 0 Å². The number of sulfonamides is 1. The molecule has 1 aliphatic heterocycles. The van der Waals surface area contributed by atoms with Crippen molar-refractivity contribution >= 4 is 37.5 Å². The van der Waals surface area contributed by atoms with Crippen LogP contribution in [-0.2, 0) is 21.2 Å². The lowest BCUT2D eigenvalue weighted by Gasteiger charge is -2.20. The lowest BCUT2D eigenvalue weighted by molar-refractivity contribution is -0.116. The quantitative estimate of drug-likeness (QED) is 0.694. The molecule has 0 radical (unpaired) electrons. The Bertz CT molecular complexity index is 710. The smallest absolute Gasteiger partial charge is 0.273 e. The van der Waals surface area contributed by atoms with E-state index >= 15 is 0 Å². The summed E-state index contributed by atoms with van der Waals surface area (Å²) in [6.45, 7) is -2.06. The fourth-order valence-electron chi connectivity index (χ4n) is 1.94. The summed E-state index contributed by atoms with van der Waals surface area (Å²) in [6, 6.07) is 2.81. The third-order valence-electron chi connectivity index (χ3n) is 3.16. The average Bonchev–Trinajstić information content (AvgIpc) is 2.45. The van der Waals surface area contributed by atoms with Crippen molar-refractivity contribution < 1.29 is 22.0 Å². The average molecular weight is 398 g/mol. The standard InChI is InChI=1S/C12H14BrF2N3O3S/c13-8-3-7-1-2-11(19)18-9(7)4-10(8)22(20,21)17-6-12(14,15)5-16/h3-4,17H,1-2,5-6,16H2,(H,18,19). The van der Waals surface area contributed by atoms with E-state index in [4.69, 9.17) is 5.73 Å². The van der Waals surface area contributed by atoms with Crippen molar-refractivity contribution in [3.63, 3.8) is 0 Å². The predicted molar refractivity (Wildman–Crippen MR) is 80.3 cm³/mol. The molecule has 1 heterocycles. The van der Waals surface area contributed by atoms with Crippen molar-refractivity contribution in [3.05, 3.63) is 22.2 Å². The number of fused-ring (bicyclic) bond motifs is 1. The topological polar surface area (TPSA) is 101 Å². The highest BCUT2D eigenvalue weighted by Gasteiger charge is 2.30. The van der Waals surface area contributed by atoms with Crippen LogP contribution in [0, 0.1) is 0 Å². The van der Waals surface area contributed by atoms with Crippen molar-refractivity contribution in [2.45, 2.75) is 23.7 Å². The van der Waals surface area contributed by atoms with Crippen LogP contribution in [-0.4, -0.2) is 33.3 Å². The zero-order valence-electron chi connectivity index (χ0n) is 11.3. The van der Waals surface area contributed by atoms with Crippen LogP contribution in [0.25, 0.3) is 0 Å². The Morgan fingerprint density at radius 2 is 2.05 bits per heavy atom. The van der Waals surface area contributed by atoms with Gasteiger partial charge in [-0.2, -0.15) is 0 Å². The molecule has 6 nitrogen and oxygen atoms in total. The molecular formula is C12H14BrF2N3O3S. The number of rotatable bonds is 5. The molecule has 1 aromatic carbocycles. The third kappa shape index (κ3) is 3.80. The van der Waals surface area contributed by atoms with Gasteiger partial charge in [0.2, 0.25) is 15.9 Å². The van der Waals surface area contributed by atoms with Gasteiger partial charge in [-0.05, 0) is 40.0 Å². The Morgan fingerprint density at radius 1 is 1.36 bits per heavy atom. The zero-order valence-corrected chi connectivity index (χ0v) is 13.7. The van der Waals surface area contributed by atoms with E-state index in [2.05, 4.69) is 21.2 Å². The van der Waals surface area contributed by atoms with Crippen LogP contribution in [0.2, 0.25) is 0 Å². The Morgan fingerprint density at radius 3 is 2.68 bits per heavy atom. The first-order valence-electron chi connectivity index (χ1n) is 6.34. The Hall–Kier alpha value is -1.10. The Labute approximate surface area is 134 Å². The van der Waals surface area contributed by atoms with Crippen LogP contribution in [0.15, 0.2) is 21.5 Å². The molecular weight excluding hydrogens is 384 g/mol. The van der Waals surface area contributed by atoms with Crippen LogP contribution in [0.3, 0.4) is 0 Å². The highest BCUT2D eigenvalue weighted by atomic mass is 79.9. The van der Waals surface area contributed by atoms with Gasteiger partial charge in [-0.25, -0.2) is 21.9 Å². The monoisotopic (exact) mass is 397 g/mol. The molecule has 1 aromatic rings. The van der Waals surface area contributed by atoms with Gasteiger partial charge in [0.25, 0.3) is 5.92 Å². The van der Waals surface area contributed by atoms with Crippen molar-refractivity contribution in [1.29, 1.82) is 0 Å². The molecule has 0 spiro atoms. The maximum atomic E-state index is 13.1. The van der Waals surface area contributed by atoms with Gasteiger partial charge in [-0.3, -0.25) is 4.79 Å². The van der Waals surface area contributed by atoms with Gasteiger partial charge in [-0.15, -0.1) is 0 Å². The second-order valence-corrected chi connectivity index (χ2v) is 7.46. The summed E-state index contributed by atoms with van der Waals surface area (Å²) in [5.74, 6) is -3.55. The van der Waals surface area contributed by atoms with Crippen molar-refractivity contribution in [2.75, 3.05) is 18.4 Å². The summed E-state index contributed by atoms with van der Waals surface area (Å²) in [4.78, 5) is 11.1. The molecule has 0 unspecified atom stereocenters. The molecule has 122 valence electrons. The lowest BCUT2D eigenvalue weighted by Crippen LogP contribution is -2.41. The first-order chi connectivity index (χ1) is 10.1. The van der Waals surface area contributed by atoms with Gasteiger partial charge in [0, 0.05) is 16.6 Å². The van der Waals surface area contributed by atoms with Gasteiger partial charge in [0.15, 0.2) is 0 Å². The molecule has 0 aromatic heterocycles. The molecule has 0 fully saturated rings. The molecule has 0 aliphatic carbocycles. The molecule has 1 amide bonds. The second kappa shape index (κ2) is 6.19. The number of nitrogens with two attached hydrogens (primary N) is 1. The summed E-state index contributed by atoms with van der Waals surface area (Å²) >= 11 is 3.12. The number of alkyl halides is 2. The van der Waals surface area contributed by atoms with Crippen LogP contribution < -0.4 is 15.8 Å². The number of benzene rings is 1. The van der Waals surface area contributed by atoms with Gasteiger partial charge >= 0.3 is 0 Å². The highest BCUT2D eigenvalue weighted by molar-refractivity contribution is 9.10. The van der Waals surface area contributed by atoms with Crippen molar-refractivity contribution in [2.24, 2.45) is 5.73 Å². The summed E-state index contributed by atoms with van der Waals surface area (Å²) in [5.41, 5.74) is 6.01. The fourth-order valence-corrected chi connectivity index (χ4v) is 4.11. The number of hydrogen-bond acceptors (Lipinski definition) is 4. The van der Waals surface area contributed by atoms with E-state index in [1.54, 1.807) is 6.07 Å². The maximum absolute atomic E-state index is 13.1. The van der Waals surface area contributed by atoms with Gasteiger partial charge < -0.3 is 11.1 Å². The van der Waals surface area contributed by atoms with E-state index in [0.717, 1.165) is 5.56 Å². The van der Waals surface area contributed by atoms with Crippen LogP contribution >= 0.6 is 15.9 Å². The number of amides is 1. The predicted octanol–water partition coefficient (Wildman–Crippen LogP) is 1.21. The molecule has 0 saturated carbocycles. The number of carbonyl (C=O) groups excluding carboxylic acids is 1. The summed E-state index contributed by atoms with van der Waals surface area (Å²) < 4.78 is 52.6. The number of carbonyl (C=O) groups is 1. The molecule has 10 heteroatoms. The lowest BCUT2D eigenvalue weighted by atomic mass is 10.0. The zero-order chi connectivity index (χ0) is 16.5.